The lowest BCUT2D eigenvalue weighted by Crippen LogP contribution is -2.38. The van der Waals surface area contributed by atoms with Crippen LogP contribution in [0.1, 0.15) is 41.9 Å². The van der Waals surface area contributed by atoms with Crippen LogP contribution in [0.25, 0.3) is 0 Å². The zero-order valence-corrected chi connectivity index (χ0v) is 16.2. The summed E-state index contributed by atoms with van der Waals surface area (Å²) >= 11 is 0. The van der Waals surface area contributed by atoms with Crippen molar-refractivity contribution in [3.05, 3.63) is 33.4 Å². The van der Waals surface area contributed by atoms with E-state index in [0.29, 0.717) is 56.6 Å². The van der Waals surface area contributed by atoms with Crippen molar-refractivity contribution in [3.63, 3.8) is 0 Å². The van der Waals surface area contributed by atoms with Crippen LogP contribution in [0.3, 0.4) is 0 Å². The molecule has 0 saturated carbocycles. The average molecular weight is 363 g/mol. The SMILES string of the molecule is COC[C@@]12COC[C@@H]1CN(C(=O)c1c(C)cc(CCC(C)C)oc1=O)C2. The summed E-state index contributed by atoms with van der Waals surface area (Å²) in [6.07, 6.45) is 1.66. The number of likely N-dealkylation sites (tertiary alicyclic amines) is 1. The standard InChI is InChI=1S/C20H29NO5/c1-13(2)5-6-16-7-14(3)17(19(23)26-16)18(22)21-8-15-9-25-12-20(15,10-21)11-24-4/h7,13,15H,5-6,8-12H2,1-4H3/t15-,20-/m0/s1. The predicted molar refractivity (Wildman–Crippen MR) is 97.4 cm³/mol. The van der Waals surface area contributed by atoms with Crippen molar-refractivity contribution in [3.8, 4) is 0 Å². The first kappa shape index (κ1) is 19.1. The van der Waals surface area contributed by atoms with Gasteiger partial charge in [0.2, 0.25) is 0 Å². The van der Waals surface area contributed by atoms with E-state index in [2.05, 4.69) is 13.8 Å². The first-order valence-corrected chi connectivity index (χ1v) is 9.36. The minimum absolute atomic E-state index is 0.157. The fraction of sp³-hybridized carbons (Fsp3) is 0.700. The second-order valence-corrected chi connectivity index (χ2v) is 8.18. The molecule has 0 aromatic carbocycles. The molecule has 6 heteroatoms. The Hall–Kier alpha value is -1.66. The molecule has 6 nitrogen and oxygen atoms in total. The maximum Gasteiger partial charge on any atom is 0.349 e. The number of hydrogen-bond acceptors (Lipinski definition) is 5. The molecular formula is C20H29NO5. The number of fused-ring (bicyclic) bond motifs is 1. The first-order valence-electron chi connectivity index (χ1n) is 9.36. The minimum atomic E-state index is -0.525. The summed E-state index contributed by atoms with van der Waals surface area (Å²) < 4.78 is 16.4. The number of rotatable bonds is 6. The van der Waals surface area contributed by atoms with Gasteiger partial charge in [-0.2, -0.15) is 0 Å². The number of amides is 1. The highest BCUT2D eigenvalue weighted by Crippen LogP contribution is 2.41. The average Bonchev–Trinajstić information content (AvgIpc) is 3.09. The molecule has 1 aromatic heterocycles. The summed E-state index contributed by atoms with van der Waals surface area (Å²) in [5, 5.41) is 0. The van der Waals surface area contributed by atoms with E-state index in [9.17, 15) is 9.59 Å². The zero-order valence-electron chi connectivity index (χ0n) is 16.2. The molecule has 0 spiro atoms. The zero-order chi connectivity index (χ0) is 18.9. The fourth-order valence-corrected chi connectivity index (χ4v) is 4.12. The number of hydrogen-bond donors (Lipinski definition) is 0. The molecular weight excluding hydrogens is 334 g/mol. The molecule has 3 heterocycles. The molecule has 0 aliphatic carbocycles. The van der Waals surface area contributed by atoms with E-state index in [0.717, 1.165) is 6.42 Å². The van der Waals surface area contributed by atoms with Crippen molar-refractivity contribution < 1.29 is 18.7 Å². The van der Waals surface area contributed by atoms with Crippen LogP contribution in [0.4, 0.5) is 0 Å². The summed E-state index contributed by atoms with van der Waals surface area (Å²) in [4.78, 5) is 27.3. The molecule has 2 aliphatic heterocycles. The number of carbonyl (C=O) groups is 1. The van der Waals surface area contributed by atoms with Gasteiger partial charge < -0.3 is 18.8 Å². The van der Waals surface area contributed by atoms with Crippen LogP contribution in [0.2, 0.25) is 0 Å². The van der Waals surface area contributed by atoms with E-state index in [4.69, 9.17) is 13.9 Å². The molecule has 2 aliphatic rings. The molecule has 0 bridgehead atoms. The second kappa shape index (κ2) is 7.53. The van der Waals surface area contributed by atoms with Crippen LogP contribution < -0.4 is 5.63 Å². The molecule has 2 fully saturated rings. The number of carbonyl (C=O) groups excluding carboxylic acids is 1. The van der Waals surface area contributed by atoms with Crippen LogP contribution in [-0.4, -0.2) is 50.8 Å². The van der Waals surface area contributed by atoms with Crippen LogP contribution in [0.15, 0.2) is 15.3 Å². The third-order valence-corrected chi connectivity index (χ3v) is 5.62. The van der Waals surface area contributed by atoms with Gasteiger partial charge in [0.15, 0.2) is 0 Å². The van der Waals surface area contributed by atoms with Gasteiger partial charge in [0.25, 0.3) is 5.91 Å². The molecule has 0 N–H and O–H groups in total. The highest BCUT2D eigenvalue weighted by molar-refractivity contribution is 5.95. The predicted octanol–water partition coefficient (Wildman–Crippen LogP) is 2.27. The summed E-state index contributed by atoms with van der Waals surface area (Å²) in [6, 6.07) is 1.84. The Morgan fingerprint density at radius 2 is 2.23 bits per heavy atom. The third-order valence-electron chi connectivity index (χ3n) is 5.62. The van der Waals surface area contributed by atoms with Crippen molar-refractivity contribution in [1.29, 1.82) is 0 Å². The van der Waals surface area contributed by atoms with E-state index < -0.39 is 5.63 Å². The van der Waals surface area contributed by atoms with Gasteiger partial charge >= 0.3 is 5.63 Å². The molecule has 144 valence electrons. The van der Waals surface area contributed by atoms with E-state index in [-0.39, 0.29) is 22.8 Å². The second-order valence-electron chi connectivity index (χ2n) is 8.18. The molecule has 26 heavy (non-hydrogen) atoms. The highest BCUT2D eigenvalue weighted by atomic mass is 16.5. The molecule has 0 unspecified atom stereocenters. The Balaban J connectivity index is 1.79. The smallest absolute Gasteiger partial charge is 0.349 e. The molecule has 0 radical (unpaired) electrons. The number of methoxy groups -OCH3 is 1. The fourth-order valence-electron chi connectivity index (χ4n) is 4.12. The molecule has 1 amide bonds. The summed E-state index contributed by atoms with van der Waals surface area (Å²) in [5.41, 5.74) is 0.170. The van der Waals surface area contributed by atoms with Gasteiger partial charge in [0.05, 0.1) is 19.8 Å². The number of nitrogens with zero attached hydrogens (tertiary/aromatic N) is 1. The summed E-state index contributed by atoms with van der Waals surface area (Å²) in [5.74, 6) is 1.20. The van der Waals surface area contributed by atoms with Gasteiger partial charge in [-0.1, -0.05) is 13.8 Å². The number of aryl methyl sites for hydroxylation is 2. The lowest BCUT2D eigenvalue weighted by molar-refractivity contribution is 0.0487. The first-order chi connectivity index (χ1) is 12.4. The quantitative estimate of drug-likeness (QED) is 0.775. The summed E-state index contributed by atoms with van der Waals surface area (Å²) in [7, 11) is 1.67. The Labute approximate surface area is 154 Å². The molecule has 1 aromatic rings. The lowest BCUT2D eigenvalue weighted by atomic mass is 9.82. The van der Waals surface area contributed by atoms with Crippen LogP contribution in [0, 0.1) is 24.2 Å². The van der Waals surface area contributed by atoms with Crippen molar-refractivity contribution in [2.45, 2.75) is 33.6 Å². The summed E-state index contributed by atoms with van der Waals surface area (Å²) in [6.45, 7) is 9.01. The Kier molecular flexibility index (Phi) is 5.53. The van der Waals surface area contributed by atoms with Gasteiger partial charge in [-0.05, 0) is 30.9 Å². The Bertz CT molecular complexity index is 725. The number of ether oxygens (including phenoxy) is 2. The van der Waals surface area contributed by atoms with E-state index >= 15 is 0 Å². The lowest BCUT2D eigenvalue weighted by Gasteiger charge is -2.26. The maximum atomic E-state index is 13.0. The van der Waals surface area contributed by atoms with Gasteiger partial charge in [0.1, 0.15) is 11.3 Å². The molecule has 2 atom stereocenters. The van der Waals surface area contributed by atoms with Gasteiger partial charge in [-0.25, -0.2) is 4.79 Å². The van der Waals surface area contributed by atoms with Gasteiger partial charge in [-0.15, -0.1) is 0 Å². The van der Waals surface area contributed by atoms with Crippen LogP contribution >= 0.6 is 0 Å². The van der Waals surface area contributed by atoms with Crippen molar-refractivity contribution >= 4 is 5.91 Å². The third kappa shape index (κ3) is 3.58. The highest BCUT2D eigenvalue weighted by Gasteiger charge is 2.52. The van der Waals surface area contributed by atoms with E-state index in [1.165, 1.54) is 0 Å². The van der Waals surface area contributed by atoms with Crippen LogP contribution in [0.5, 0.6) is 0 Å². The van der Waals surface area contributed by atoms with Crippen molar-refractivity contribution in [2.75, 3.05) is 40.0 Å². The monoisotopic (exact) mass is 363 g/mol. The Morgan fingerprint density at radius 3 is 2.88 bits per heavy atom. The van der Waals surface area contributed by atoms with Crippen molar-refractivity contribution in [2.24, 2.45) is 17.3 Å². The van der Waals surface area contributed by atoms with Gasteiger partial charge in [0, 0.05) is 38.0 Å². The van der Waals surface area contributed by atoms with E-state index in [1.807, 2.05) is 13.0 Å². The largest absolute Gasteiger partial charge is 0.427 e. The minimum Gasteiger partial charge on any atom is -0.427 e. The van der Waals surface area contributed by atoms with Crippen molar-refractivity contribution in [1.82, 2.24) is 4.90 Å². The normalized spacial score (nSPS) is 25.1. The topological polar surface area (TPSA) is 69.0 Å². The Morgan fingerprint density at radius 1 is 1.46 bits per heavy atom. The van der Waals surface area contributed by atoms with E-state index in [1.54, 1.807) is 12.0 Å². The van der Waals surface area contributed by atoms with Gasteiger partial charge in [-0.3, -0.25) is 4.79 Å². The molecule has 3 rings (SSSR count). The maximum absolute atomic E-state index is 13.0. The molecule has 2 saturated heterocycles. The van der Waals surface area contributed by atoms with Crippen LogP contribution in [-0.2, 0) is 15.9 Å².